The largest absolute Gasteiger partial charge is 0.489 e. The van der Waals surface area contributed by atoms with Gasteiger partial charge in [-0.3, -0.25) is 4.79 Å². The molecule has 0 aliphatic rings. The van der Waals surface area contributed by atoms with E-state index in [1.54, 1.807) is 24.3 Å². The summed E-state index contributed by atoms with van der Waals surface area (Å²) in [5.41, 5.74) is 3.41. The lowest BCUT2D eigenvalue weighted by Crippen LogP contribution is -2.13. The van der Waals surface area contributed by atoms with Crippen molar-refractivity contribution < 1.29 is 23.8 Å². The van der Waals surface area contributed by atoms with Crippen LogP contribution in [0.5, 0.6) is 11.5 Å². The molecular formula is C26H25NO5. The molecule has 0 bridgehead atoms. The third kappa shape index (κ3) is 7.02. The maximum absolute atomic E-state index is 12.4. The van der Waals surface area contributed by atoms with Gasteiger partial charge >= 0.3 is 5.97 Å². The van der Waals surface area contributed by atoms with E-state index in [0.29, 0.717) is 18.0 Å². The minimum absolute atomic E-state index is 0.168. The van der Waals surface area contributed by atoms with E-state index in [0.717, 1.165) is 22.4 Å². The van der Waals surface area contributed by atoms with Crippen molar-refractivity contribution in [1.82, 2.24) is 0 Å². The standard InChI is InChI=1S/C26H25NO5/c1-19-15-23(32-18-26(29)30-2)12-13-24(19)27-25(28)14-11-20-9-6-10-22(16-20)31-17-21-7-4-3-5-8-21/h3-16H,17-18H2,1-2H3,(H,27,28). The van der Waals surface area contributed by atoms with Gasteiger partial charge in [0.15, 0.2) is 6.61 Å². The highest BCUT2D eigenvalue weighted by molar-refractivity contribution is 6.02. The third-order valence-electron chi connectivity index (χ3n) is 4.57. The molecule has 1 amide bonds. The van der Waals surface area contributed by atoms with Crippen molar-refractivity contribution in [3.63, 3.8) is 0 Å². The molecule has 0 unspecified atom stereocenters. The van der Waals surface area contributed by atoms with Gasteiger partial charge in [-0.05, 0) is 60.0 Å². The van der Waals surface area contributed by atoms with E-state index in [2.05, 4.69) is 10.1 Å². The Morgan fingerprint density at radius 1 is 0.906 bits per heavy atom. The lowest BCUT2D eigenvalue weighted by atomic mass is 10.1. The Labute approximate surface area is 187 Å². The van der Waals surface area contributed by atoms with E-state index in [9.17, 15) is 9.59 Å². The molecule has 32 heavy (non-hydrogen) atoms. The Bertz CT molecular complexity index is 1090. The number of nitrogens with one attached hydrogen (secondary N) is 1. The van der Waals surface area contributed by atoms with Crippen molar-refractivity contribution in [3.05, 3.63) is 95.6 Å². The van der Waals surface area contributed by atoms with Crippen LogP contribution in [0.2, 0.25) is 0 Å². The molecule has 6 nitrogen and oxygen atoms in total. The number of esters is 1. The van der Waals surface area contributed by atoms with Gasteiger partial charge in [0.2, 0.25) is 5.91 Å². The number of rotatable bonds is 9. The van der Waals surface area contributed by atoms with Crippen LogP contribution in [-0.2, 0) is 20.9 Å². The zero-order chi connectivity index (χ0) is 22.8. The predicted molar refractivity (Wildman–Crippen MR) is 124 cm³/mol. The molecule has 1 N–H and O–H groups in total. The molecule has 0 saturated carbocycles. The van der Waals surface area contributed by atoms with Crippen molar-refractivity contribution in [2.24, 2.45) is 0 Å². The van der Waals surface area contributed by atoms with Crippen LogP contribution < -0.4 is 14.8 Å². The first kappa shape index (κ1) is 22.6. The van der Waals surface area contributed by atoms with Gasteiger partial charge in [-0.2, -0.15) is 0 Å². The fourth-order valence-electron chi connectivity index (χ4n) is 2.86. The molecule has 0 radical (unpaired) electrons. The van der Waals surface area contributed by atoms with Gasteiger partial charge in [-0.15, -0.1) is 0 Å². The van der Waals surface area contributed by atoms with Gasteiger partial charge in [0.25, 0.3) is 0 Å². The summed E-state index contributed by atoms with van der Waals surface area (Å²) in [4.78, 5) is 23.5. The molecule has 0 fully saturated rings. The van der Waals surface area contributed by atoms with E-state index in [1.165, 1.54) is 13.2 Å². The van der Waals surface area contributed by atoms with Gasteiger partial charge in [0.1, 0.15) is 18.1 Å². The average molecular weight is 431 g/mol. The molecular weight excluding hydrogens is 406 g/mol. The summed E-state index contributed by atoms with van der Waals surface area (Å²) < 4.78 is 15.7. The Morgan fingerprint density at radius 2 is 1.69 bits per heavy atom. The smallest absolute Gasteiger partial charge is 0.343 e. The summed E-state index contributed by atoms with van der Waals surface area (Å²) in [5.74, 6) is 0.537. The van der Waals surface area contributed by atoms with Crippen molar-refractivity contribution in [2.75, 3.05) is 19.0 Å². The first-order valence-corrected chi connectivity index (χ1v) is 10.1. The Balaban J connectivity index is 1.55. The number of methoxy groups -OCH3 is 1. The second kappa shape index (κ2) is 11.4. The lowest BCUT2D eigenvalue weighted by molar-refractivity contribution is -0.142. The van der Waals surface area contributed by atoms with Gasteiger partial charge in [-0.1, -0.05) is 42.5 Å². The zero-order valence-corrected chi connectivity index (χ0v) is 18.0. The minimum Gasteiger partial charge on any atom is -0.489 e. The lowest BCUT2D eigenvalue weighted by Gasteiger charge is -2.10. The van der Waals surface area contributed by atoms with Crippen molar-refractivity contribution in [2.45, 2.75) is 13.5 Å². The van der Waals surface area contributed by atoms with E-state index in [-0.39, 0.29) is 12.5 Å². The summed E-state index contributed by atoms with van der Waals surface area (Å²) in [6.45, 7) is 2.16. The van der Waals surface area contributed by atoms with Crippen LogP contribution in [0.1, 0.15) is 16.7 Å². The van der Waals surface area contributed by atoms with Crippen LogP contribution in [0, 0.1) is 6.92 Å². The van der Waals surface area contributed by atoms with Crippen LogP contribution in [0.15, 0.2) is 78.9 Å². The fourth-order valence-corrected chi connectivity index (χ4v) is 2.86. The van der Waals surface area contributed by atoms with Gasteiger partial charge < -0.3 is 19.5 Å². The number of hydrogen-bond acceptors (Lipinski definition) is 5. The van der Waals surface area contributed by atoms with Crippen molar-refractivity contribution in [3.8, 4) is 11.5 Å². The molecule has 3 aromatic carbocycles. The highest BCUT2D eigenvalue weighted by Crippen LogP contribution is 2.22. The number of benzene rings is 3. The fraction of sp³-hybridized carbons (Fsp3) is 0.154. The highest BCUT2D eigenvalue weighted by Gasteiger charge is 2.06. The van der Waals surface area contributed by atoms with E-state index >= 15 is 0 Å². The van der Waals surface area contributed by atoms with Crippen molar-refractivity contribution >= 4 is 23.6 Å². The molecule has 0 atom stereocenters. The van der Waals surface area contributed by atoms with Crippen LogP contribution in [0.3, 0.4) is 0 Å². The van der Waals surface area contributed by atoms with Crippen LogP contribution in [0.25, 0.3) is 6.08 Å². The average Bonchev–Trinajstić information content (AvgIpc) is 2.82. The monoisotopic (exact) mass is 431 g/mol. The summed E-state index contributed by atoms with van der Waals surface area (Å²) in [5, 5.41) is 2.84. The van der Waals surface area contributed by atoms with E-state index in [1.807, 2.05) is 61.5 Å². The summed E-state index contributed by atoms with van der Waals surface area (Å²) >= 11 is 0. The summed E-state index contributed by atoms with van der Waals surface area (Å²) in [6.07, 6.45) is 3.20. The molecule has 0 heterocycles. The quantitative estimate of drug-likeness (QED) is 0.390. The normalized spacial score (nSPS) is 10.6. The van der Waals surface area contributed by atoms with E-state index < -0.39 is 5.97 Å². The first-order valence-electron chi connectivity index (χ1n) is 10.1. The molecule has 0 aromatic heterocycles. The zero-order valence-electron chi connectivity index (χ0n) is 18.0. The molecule has 0 aliphatic heterocycles. The van der Waals surface area contributed by atoms with Crippen LogP contribution in [0.4, 0.5) is 5.69 Å². The second-order valence-electron chi connectivity index (χ2n) is 7.01. The number of carbonyl (C=O) groups is 2. The number of hydrogen-bond donors (Lipinski definition) is 1. The molecule has 164 valence electrons. The molecule has 0 saturated heterocycles. The van der Waals surface area contributed by atoms with Crippen molar-refractivity contribution in [1.29, 1.82) is 0 Å². The predicted octanol–water partition coefficient (Wildman–Crippen LogP) is 4.78. The molecule has 3 aromatic rings. The van der Waals surface area contributed by atoms with Gasteiger partial charge in [0.05, 0.1) is 7.11 Å². The number of carbonyl (C=O) groups excluding carboxylic acids is 2. The molecule has 3 rings (SSSR count). The Kier molecular flexibility index (Phi) is 8.03. The maximum atomic E-state index is 12.4. The summed E-state index contributed by atoms with van der Waals surface area (Å²) in [6, 6.07) is 22.6. The minimum atomic E-state index is -0.459. The first-order chi connectivity index (χ1) is 15.5. The highest BCUT2D eigenvalue weighted by atomic mass is 16.6. The number of aryl methyl sites for hydroxylation is 1. The Hall–Kier alpha value is -4.06. The summed E-state index contributed by atoms with van der Waals surface area (Å²) in [7, 11) is 1.30. The molecule has 0 aliphatic carbocycles. The van der Waals surface area contributed by atoms with Crippen LogP contribution >= 0.6 is 0 Å². The second-order valence-corrected chi connectivity index (χ2v) is 7.01. The maximum Gasteiger partial charge on any atom is 0.343 e. The topological polar surface area (TPSA) is 73.9 Å². The third-order valence-corrected chi connectivity index (χ3v) is 4.57. The van der Waals surface area contributed by atoms with Crippen LogP contribution in [-0.4, -0.2) is 25.6 Å². The SMILES string of the molecule is COC(=O)COc1ccc(NC(=O)C=Cc2cccc(OCc3ccccc3)c2)c(C)c1. The molecule has 0 spiro atoms. The van der Waals surface area contributed by atoms with Gasteiger partial charge in [-0.25, -0.2) is 4.79 Å². The number of anilines is 1. The number of ether oxygens (including phenoxy) is 3. The van der Waals surface area contributed by atoms with E-state index in [4.69, 9.17) is 9.47 Å². The number of amides is 1. The molecule has 6 heteroatoms. The van der Waals surface area contributed by atoms with Gasteiger partial charge in [0, 0.05) is 11.8 Å². The Morgan fingerprint density at radius 3 is 2.44 bits per heavy atom.